The quantitative estimate of drug-likeness (QED) is 0.748. The van der Waals surface area contributed by atoms with Crippen molar-refractivity contribution in [2.75, 3.05) is 18.5 Å². The van der Waals surface area contributed by atoms with Crippen LogP contribution in [0.5, 0.6) is 11.5 Å². The van der Waals surface area contributed by atoms with Gasteiger partial charge in [0.05, 0.1) is 18.6 Å². The molecule has 124 valence electrons. The third-order valence-corrected chi connectivity index (χ3v) is 3.29. The Morgan fingerprint density at radius 3 is 2.75 bits per heavy atom. The molecule has 0 aliphatic heterocycles. The van der Waals surface area contributed by atoms with Crippen molar-refractivity contribution in [2.45, 2.75) is 13.8 Å². The van der Waals surface area contributed by atoms with Crippen LogP contribution in [0.1, 0.15) is 24.2 Å². The summed E-state index contributed by atoms with van der Waals surface area (Å²) in [5, 5.41) is 7.20. The van der Waals surface area contributed by atoms with Crippen LogP contribution >= 0.6 is 0 Å². The zero-order valence-electron chi connectivity index (χ0n) is 13.4. The number of hydrogen-bond acceptors (Lipinski definition) is 6. The molecule has 3 rings (SSSR count). The van der Waals surface area contributed by atoms with Crippen LogP contribution in [0.4, 0.5) is 5.82 Å². The van der Waals surface area contributed by atoms with Gasteiger partial charge in [-0.25, -0.2) is 4.98 Å². The number of hydrogen-bond donors (Lipinski definition) is 1. The fraction of sp³-hybridized carbons (Fsp3) is 0.235. The number of anilines is 1. The zero-order valence-corrected chi connectivity index (χ0v) is 13.4. The first-order chi connectivity index (χ1) is 11.7. The second kappa shape index (κ2) is 6.99. The molecule has 0 unspecified atom stereocenters. The molecule has 1 N–H and O–H groups in total. The first kappa shape index (κ1) is 15.8. The minimum atomic E-state index is -0.321. The van der Waals surface area contributed by atoms with Gasteiger partial charge in [-0.1, -0.05) is 5.16 Å². The van der Waals surface area contributed by atoms with Crippen LogP contribution in [0, 0.1) is 0 Å². The molecule has 1 aromatic carbocycles. The summed E-state index contributed by atoms with van der Waals surface area (Å²) in [5.74, 6) is 1.14. The van der Waals surface area contributed by atoms with Gasteiger partial charge < -0.3 is 19.3 Å². The van der Waals surface area contributed by atoms with Crippen LogP contribution in [0.3, 0.4) is 0 Å². The normalized spacial score (nSPS) is 10.6. The van der Waals surface area contributed by atoms with Gasteiger partial charge in [-0.2, -0.15) is 0 Å². The topological polar surface area (TPSA) is 86.5 Å². The SMILES string of the molecule is CCOc1ccc(C(=O)Nc2noc3ncccc23)cc1OCC. The Bertz CT molecular complexity index is 860. The molecule has 0 saturated carbocycles. The molecule has 2 aromatic heterocycles. The molecule has 0 fully saturated rings. The Balaban J connectivity index is 1.85. The van der Waals surface area contributed by atoms with E-state index in [4.69, 9.17) is 14.0 Å². The van der Waals surface area contributed by atoms with Gasteiger partial charge in [0.25, 0.3) is 11.6 Å². The van der Waals surface area contributed by atoms with Crippen molar-refractivity contribution in [2.24, 2.45) is 0 Å². The smallest absolute Gasteiger partial charge is 0.259 e. The summed E-state index contributed by atoms with van der Waals surface area (Å²) in [5.41, 5.74) is 0.802. The Labute approximate surface area is 138 Å². The van der Waals surface area contributed by atoms with Gasteiger partial charge >= 0.3 is 0 Å². The summed E-state index contributed by atoms with van der Waals surface area (Å²) < 4.78 is 16.1. The van der Waals surface area contributed by atoms with E-state index in [2.05, 4.69) is 15.5 Å². The molecule has 7 heteroatoms. The van der Waals surface area contributed by atoms with Gasteiger partial charge in [-0.15, -0.1) is 0 Å². The number of carbonyl (C=O) groups excluding carboxylic acids is 1. The lowest BCUT2D eigenvalue weighted by Crippen LogP contribution is -2.13. The predicted molar refractivity (Wildman–Crippen MR) is 88.5 cm³/mol. The summed E-state index contributed by atoms with van der Waals surface area (Å²) in [4.78, 5) is 16.5. The predicted octanol–water partition coefficient (Wildman–Crippen LogP) is 3.27. The van der Waals surface area contributed by atoms with Gasteiger partial charge in [-0.05, 0) is 44.2 Å². The molecule has 0 radical (unpaired) electrons. The van der Waals surface area contributed by atoms with E-state index in [1.54, 1.807) is 36.5 Å². The molecule has 0 saturated heterocycles. The Hall–Kier alpha value is -3.09. The largest absolute Gasteiger partial charge is 0.490 e. The molecule has 1 amide bonds. The minimum absolute atomic E-state index is 0.321. The second-order valence-corrected chi connectivity index (χ2v) is 4.87. The van der Waals surface area contributed by atoms with Crippen LogP contribution in [-0.2, 0) is 0 Å². The number of fused-ring (bicyclic) bond motifs is 1. The number of aromatic nitrogens is 2. The van der Waals surface area contributed by atoms with Crippen molar-refractivity contribution >= 4 is 22.8 Å². The van der Waals surface area contributed by atoms with Crippen molar-refractivity contribution < 1.29 is 18.8 Å². The molecule has 3 aromatic rings. The standard InChI is InChI=1S/C17H17N3O4/c1-3-22-13-8-7-11(10-14(13)23-4-2)16(21)19-15-12-6-5-9-18-17(12)24-20-15/h5-10H,3-4H2,1-2H3,(H,19,20,21). The molecule has 24 heavy (non-hydrogen) atoms. The molecule has 7 nitrogen and oxygen atoms in total. The van der Waals surface area contributed by atoms with Crippen LogP contribution in [0.15, 0.2) is 41.1 Å². The number of pyridine rings is 1. The van der Waals surface area contributed by atoms with Crippen molar-refractivity contribution in [3.8, 4) is 11.5 Å². The van der Waals surface area contributed by atoms with E-state index in [-0.39, 0.29) is 5.91 Å². The molecule has 0 bridgehead atoms. The van der Waals surface area contributed by atoms with E-state index in [1.165, 1.54) is 0 Å². The number of carbonyl (C=O) groups is 1. The monoisotopic (exact) mass is 327 g/mol. The van der Waals surface area contributed by atoms with E-state index in [0.29, 0.717) is 47.2 Å². The number of ether oxygens (including phenoxy) is 2. The lowest BCUT2D eigenvalue weighted by atomic mass is 10.2. The molecule has 0 spiro atoms. The van der Waals surface area contributed by atoms with Crippen molar-refractivity contribution in [3.63, 3.8) is 0 Å². The minimum Gasteiger partial charge on any atom is -0.490 e. The highest BCUT2D eigenvalue weighted by atomic mass is 16.5. The molecular formula is C17H17N3O4. The molecule has 0 aliphatic rings. The summed E-state index contributed by atoms with van der Waals surface area (Å²) in [6.45, 7) is 4.76. The van der Waals surface area contributed by atoms with E-state index in [1.807, 2.05) is 13.8 Å². The number of amides is 1. The van der Waals surface area contributed by atoms with E-state index in [9.17, 15) is 4.79 Å². The highest BCUT2D eigenvalue weighted by molar-refractivity contribution is 6.07. The maximum atomic E-state index is 12.5. The fourth-order valence-electron chi connectivity index (χ4n) is 2.24. The number of nitrogens with one attached hydrogen (secondary N) is 1. The van der Waals surface area contributed by atoms with Crippen LogP contribution < -0.4 is 14.8 Å². The summed E-state index contributed by atoms with van der Waals surface area (Å²) in [7, 11) is 0. The molecule has 0 aliphatic carbocycles. The van der Waals surface area contributed by atoms with Gasteiger partial charge in [0, 0.05) is 11.8 Å². The van der Waals surface area contributed by atoms with Gasteiger partial charge in [0.2, 0.25) is 0 Å². The average molecular weight is 327 g/mol. The first-order valence-corrected chi connectivity index (χ1v) is 7.64. The second-order valence-electron chi connectivity index (χ2n) is 4.87. The Morgan fingerprint density at radius 1 is 1.17 bits per heavy atom. The first-order valence-electron chi connectivity index (χ1n) is 7.64. The van der Waals surface area contributed by atoms with Crippen LogP contribution in [0.25, 0.3) is 11.1 Å². The van der Waals surface area contributed by atoms with E-state index < -0.39 is 0 Å². The Kier molecular flexibility index (Phi) is 4.60. The molecule has 2 heterocycles. The zero-order chi connectivity index (χ0) is 16.9. The van der Waals surface area contributed by atoms with Crippen molar-refractivity contribution in [3.05, 3.63) is 42.1 Å². The third kappa shape index (κ3) is 3.15. The summed E-state index contributed by atoms with van der Waals surface area (Å²) >= 11 is 0. The maximum Gasteiger partial charge on any atom is 0.259 e. The lowest BCUT2D eigenvalue weighted by molar-refractivity contribution is 0.102. The fourth-order valence-corrected chi connectivity index (χ4v) is 2.24. The van der Waals surface area contributed by atoms with Crippen LogP contribution in [0.2, 0.25) is 0 Å². The Morgan fingerprint density at radius 2 is 1.96 bits per heavy atom. The van der Waals surface area contributed by atoms with Gasteiger partial charge in [0.1, 0.15) is 0 Å². The van der Waals surface area contributed by atoms with E-state index in [0.717, 1.165) is 0 Å². The maximum absolute atomic E-state index is 12.5. The van der Waals surface area contributed by atoms with Gasteiger partial charge in [0.15, 0.2) is 17.3 Å². The van der Waals surface area contributed by atoms with Gasteiger partial charge in [-0.3, -0.25) is 4.79 Å². The van der Waals surface area contributed by atoms with Crippen molar-refractivity contribution in [1.29, 1.82) is 0 Å². The highest BCUT2D eigenvalue weighted by Crippen LogP contribution is 2.29. The number of benzene rings is 1. The highest BCUT2D eigenvalue weighted by Gasteiger charge is 2.15. The summed E-state index contributed by atoms with van der Waals surface area (Å²) in [6, 6.07) is 8.55. The third-order valence-electron chi connectivity index (χ3n) is 3.29. The molecular weight excluding hydrogens is 310 g/mol. The number of rotatable bonds is 6. The molecule has 0 atom stereocenters. The van der Waals surface area contributed by atoms with Crippen molar-refractivity contribution in [1.82, 2.24) is 10.1 Å². The number of nitrogens with zero attached hydrogens (tertiary/aromatic N) is 2. The lowest BCUT2D eigenvalue weighted by Gasteiger charge is -2.12. The van der Waals surface area contributed by atoms with E-state index >= 15 is 0 Å². The van der Waals surface area contributed by atoms with Crippen LogP contribution in [-0.4, -0.2) is 29.3 Å². The summed E-state index contributed by atoms with van der Waals surface area (Å²) in [6.07, 6.45) is 1.60. The average Bonchev–Trinajstić information content (AvgIpc) is 3.00.